The Labute approximate surface area is 181 Å². The number of carbonyl (C=O) groups is 1. The molecule has 1 aliphatic rings. The maximum Gasteiger partial charge on any atom is 0.258 e. The second-order valence-corrected chi connectivity index (χ2v) is 9.11. The lowest BCUT2D eigenvalue weighted by atomic mass is 9.93. The van der Waals surface area contributed by atoms with Gasteiger partial charge in [0.1, 0.15) is 11.5 Å². The molecule has 0 atom stereocenters. The monoisotopic (exact) mass is 438 g/mol. The van der Waals surface area contributed by atoms with Gasteiger partial charge in [0.2, 0.25) is 10.0 Å². The third kappa shape index (κ3) is 4.20. The molecule has 2 N–H and O–H groups in total. The Kier molecular flexibility index (Phi) is 5.32. The number of nitrogens with zero attached hydrogens (tertiary/aromatic N) is 1. The minimum Gasteiger partial charge on any atom is -0.506 e. The third-order valence-corrected chi connectivity index (χ3v) is 5.77. The summed E-state index contributed by atoms with van der Waals surface area (Å²) in [7, 11) is -2.01. The van der Waals surface area contributed by atoms with Crippen molar-refractivity contribution in [2.75, 3.05) is 29.5 Å². The molecule has 31 heavy (non-hydrogen) atoms. The number of carbonyl (C=O) groups excluding carboxylic acids is 1. The Morgan fingerprint density at radius 2 is 1.77 bits per heavy atom. The predicted molar refractivity (Wildman–Crippen MR) is 120 cm³/mol. The molecule has 3 aromatic rings. The van der Waals surface area contributed by atoms with Crippen molar-refractivity contribution in [1.29, 1.82) is 0 Å². The number of methoxy groups -OCH3 is 1. The minimum absolute atomic E-state index is 0.0237. The van der Waals surface area contributed by atoms with Gasteiger partial charge in [0.05, 0.1) is 19.1 Å². The van der Waals surface area contributed by atoms with Crippen LogP contribution in [0.15, 0.2) is 60.7 Å². The van der Waals surface area contributed by atoms with E-state index in [4.69, 9.17) is 4.74 Å². The highest BCUT2D eigenvalue weighted by molar-refractivity contribution is 7.92. The Balaban J connectivity index is 1.72. The van der Waals surface area contributed by atoms with Crippen molar-refractivity contribution in [3.8, 4) is 22.6 Å². The van der Waals surface area contributed by atoms with E-state index in [1.54, 1.807) is 24.1 Å². The van der Waals surface area contributed by atoms with E-state index >= 15 is 0 Å². The zero-order valence-electron chi connectivity index (χ0n) is 17.1. The fraction of sp³-hybridized carbons (Fsp3) is 0.174. The molecule has 0 saturated heterocycles. The number of aromatic hydroxyl groups is 1. The first-order valence-electron chi connectivity index (χ1n) is 9.66. The van der Waals surface area contributed by atoms with Crippen LogP contribution < -0.4 is 14.4 Å². The second-order valence-electron chi connectivity index (χ2n) is 7.36. The van der Waals surface area contributed by atoms with Gasteiger partial charge in [-0.25, -0.2) is 8.42 Å². The Bertz CT molecular complexity index is 1260. The number of sulfonamides is 1. The summed E-state index contributed by atoms with van der Waals surface area (Å²) in [5.41, 5.74) is 3.91. The van der Waals surface area contributed by atoms with Gasteiger partial charge in [0, 0.05) is 23.4 Å². The van der Waals surface area contributed by atoms with Crippen LogP contribution in [0.1, 0.15) is 15.9 Å². The number of benzene rings is 3. The molecule has 1 amide bonds. The summed E-state index contributed by atoms with van der Waals surface area (Å²) in [6.07, 6.45) is 1.62. The van der Waals surface area contributed by atoms with Crippen LogP contribution in [0.3, 0.4) is 0 Å². The molecule has 160 valence electrons. The topological polar surface area (TPSA) is 95.9 Å². The maximum absolute atomic E-state index is 13.3. The van der Waals surface area contributed by atoms with Crippen LogP contribution in [0.2, 0.25) is 0 Å². The molecule has 1 aliphatic heterocycles. The van der Waals surface area contributed by atoms with Gasteiger partial charge < -0.3 is 14.7 Å². The van der Waals surface area contributed by atoms with E-state index in [1.165, 1.54) is 12.1 Å². The maximum atomic E-state index is 13.3. The lowest BCUT2D eigenvalue weighted by Crippen LogP contribution is -2.37. The Morgan fingerprint density at radius 3 is 2.45 bits per heavy atom. The van der Waals surface area contributed by atoms with Crippen molar-refractivity contribution in [1.82, 2.24) is 0 Å². The fourth-order valence-corrected chi connectivity index (χ4v) is 4.30. The van der Waals surface area contributed by atoms with Crippen molar-refractivity contribution >= 4 is 27.3 Å². The molecule has 3 aromatic carbocycles. The molecule has 1 heterocycles. The Hall–Kier alpha value is -3.52. The molecule has 0 saturated carbocycles. The fourth-order valence-electron chi connectivity index (χ4n) is 3.74. The van der Waals surface area contributed by atoms with Crippen LogP contribution in [0.25, 0.3) is 11.1 Å². The van der Waals surface area contributed by atoms with Gasteiger partial charge in [0.15, 0.2) is 0 Å². The molecule has 0 aromatic heterocycles. The molecular weight excluding hydrogens is 416 g/mol. The number of rotatable bonds is 5. The van der Waals surface area contributed by atoms with E-state index in [2.05, 4.69) is 4.72 Å². The van der Waals surface area contributed by atoms with Gasteiger partial charge >= 0.3 is 0 Å². The van der Waals surface area contributed by atoms with E-state index < -0.39 is 10.0 Å². The average molecular weight is 439 g/mol. The van der Waals surface area contributed by atoms with Crippen molar-refractivity contribution in [2.45, 2.75) is 6.42 Å². The van der Waals surface area contributed by atoms with Crippen molar-refractivity contribution in [2.24, 2.45) is 0 Å². The molecule has 8 heteroatoms. The Morgan fingerprint density at radius 1 is 1.03 bits per heavy atom. The zero-order chi connectivity index (χ0) is 22.2. The minimum atomic E-state index is -3.58. The molecule has 0 bridgehead atoms. The van der Waals surface area contributed by atoms with Crippen LogP contribution in [0.4, 0.5) is 11.4 Å². The summed E-state index contributed by atoms with van der Waals surface area (Å²) < 4.78 is 31.0. The first-order valence-corrected chi connectivity index (χ1v) is 11.5. The molecule has 0 fully saturated rings. The highest BCUT2D eigenvalue weighted by Gasteiger charge is 2.28. The normalized spacial score (nSPS) is 13.6. The number of hydrogen-bond acceptors (Lipinski definition) is 5. The van der Waals surface area contributed by atoms with Crippen LogP contribution in [0.5, 0.6) is 11.5 Å². The summed E-state index contributed by atoms with van der Waals surface area (Å²) in [6, 6.07) is 18.0. The summed E-state index contributed by atoms with van der Waals surface area (Å²) >= 11 is 0. The highest BCUT2D eigenvalue weighted by atomic mass is 32.2. The number of phenols is 1. The molecule has 0 spiro atoms. The second kappa shape index (κ2) is 7.96. The smallest absolute Gasteiger partial charge is 0.258 e. The highest BCUT2D eigenvalue weighted by Crippen LogP contribution is 2.37. The molecule has 7 nitrogen and oxygen atoms in total. The van der Waals surface area contributed by atoms with Gasteiger partial charge in [-0.15, -0.1) is 0 Å². The summed E-state index contributed by atoms with van der Waals surface area (Å²) in [4.78, 5) is 14.9. The lowest BCUT2D eigenvalue weighted by molar-refractivity contribution is 0.0980. The SMILES string of the molecule is COc1cc2c(cc1-c1ccccc1)CCN(c1ccc(O)c(NS(C)(=O)=O)c1)C2=O. The van der Waals surface area contributed by atoms with Gasteiger partial charge in [-0.05, 0) is 47.9 Å². The molecule has 0 unspecified atom stereocenters. The van der Waals surface area contributed by atoms with E-state index in [-0.39, 0.29) is 17.3 Å². The number of ether oxygens (including phenoxy) is 1. The largest absolute Gasteiger partial charge is 0.506 e. The van der Waals surface area contributed by atoms with Gasteiger partial charge in [0.25, 0.3) is 5.91 Å². The first kappa shape index (κ1) is 20.7. The summed E-state index contributed by atoms with van der Waals surface area (Å²) in [5, 5.41) is 9.98. The molecule has 0 aliphatic carbocycles. The number of nitrogens with one attached hydrogen (secondary N) is 1. The number of phenolic OH excluding ortho intramolecular Hbond substituents is 1. The number of hydrogen-bond donors (Lipinski definition) is 2. The number of fused-ring (bicyclic) bond motifs is 1. The lowest BCUT2D eigenvalue weighted by Gasteiger charge is -2.30. The van der Waals surface area contributed by atoms with Gasteiger partial charge in [-0.1, -0.05) is 30.3 Å². The van der Waals surface area contributed by atoms with Crippen molar-refractivity contribution in [3.63, 3.8) is 0 Å². The van der Waals surface area contributed by atoms with E-state index in [9.17, 15) is 18.3 Å². The zero-order valence-corrected chi connectivity index (χ0v) is 17.9. The van der Waals surface area contributed by atoms with Crippen molar-refractivity contribution in [3.05, 3.63) is 71.8 Å². The van der Waals surface area contributed by atoms with E-state index in [0.717, 1.165) is 22.9 Å². The van der Waals surface area contributed by atoms with Crippen LogP contribution >= 0.6 is 0 Å². The third-order valence-electron chi connectivity index (χ3n) is 5.18. The van der Waals surface area contributed by atoms with Crippen LogP contribution in [0, 0.1) is 0 Å². The molecular formula is C23H22N2O5S. The standard InChI is InChI=1S/C23H22N2O5S/c1-30-22-14-19-16(12-18(22)15-6-4-3-5-7-15)10-11-25(23(19)27)17-8-9-21(26)20(13-17)24-31(2,28)29/h3-9,12-14,24,26H,10-11H2,1-2H3. The number of anilines is 2. The summed E-state index contributed by atoms with van der Waals surface area (Å²) in [6.45, 7) is 0.426. The predicted octanol–water partition coefficient (Wildman–Crippen LogP) is 3.64. The van der Waals surface area contributed by atoms with Gasteiger partial charge in [-0.3, -0.25) is 9.52 Å². The van der Waals surface area contributed by atoms with Crippen LogP contribution in [-0.2, 0) is 16.4 Å². The van der Waals surface area contributed by atoms with E-state index in [0.29, 0.717) is 30.0 Å². The van der Waals surface area contributed by atoms with Gasteiger partial charge in [-0.2, -0.15) is 0 Å². The molecule has 4 rings (SSSR count). The average Bonchev–Trinajstić information content (AvgIpc) is 2.75. The molecule has 0 radical (unpaired) electrons. The van der Waals surface area contributed by atoms with Crippen molar-refractivity contribution < 1.29 is 23.1 Å². The summed E-state index contributed by atoms with van der Waals surface area (Å²) in [5.74, 6) is 0.175. The van der Waals surface area contributed by atoms with Crippen LogP contribution in [-0.4, -0.2) is 39.3 Å². The first-order chi connectivity index (χ1) is 14.8. The van der Waals surface area contributed by atoms with E-state index in [1.807, 2.05) is 36.4 Å². The number of amides is 1. The quantitative estimate of drug-likeness (QED) is 0.593.